The lowest BCUT2D eigenvalue weighted by Gasteiger charge is -2.17. The smallest absolute Gasteiger partial charge is 0.312 e. The Bertz CT molecular complexity index is 366. The summed E-state index contributed by atoms with van der Waals surface area (Å²) >= 11 is 0. The van der Waals surface area contributed by atoms with Gasteiger partial charge >= 0.3 is 5.97 Å². The van der Waals surface area contributed by atoms with Gasteiger partial charge in [0.25, 0.3) is 0 Å². The highest BCUT2D eigenvalue weighted by atomic mass is 16.5. The molecule has 2 atom stereocenters. The van der Waals surface area contributed by atoms with Gasteiger partial charge < -0.3 is 14.8 Å². The zero-order valence-corrected chi connectivity index (χ0v) is 9.89. The van der Waals surface area contributed by atoms with Gasteiger partial charge in [0, 0.05) is 13.1 Å². The van der Waals surface area contributed by atoms with E-state index in [-0.39, 0.29) is 18.0 Å². The van der Waals surface area contributed by atoms with Crippen LogP contribution in [0.2, 0.25) is 0 Å². The molecule has 1 aromatic rings. The maximum Gasteiger partial charge on any atom is 0.312 e. The fourth-order valence-electron chi connectivity index (χ4n) is 1.99. The van der Waals surface area contributed by atoms with Crippen molar-refractivity contribution >= 4 is 5.97 Å². The molecule has 2 rings (SSSR count). The van der Waals surface area contributed by atoms with E-state index >= 15 is 0 Å². The highest BCUT2D eigenvalue weighted by molar-refractivity contribution is 5.73. The van der Waals surface area contributed by atoms with E-state index < -0.39 is 0 Å². The van der Waals surface area contributed by atoms with Crippen LogP contribution in [0.15, 0.2) is 30.3 Å². The van der Waals surface area contributed by atoms with Crippen molar-refractivity contribution in [2.45, 2.75) is 12.7 Å². The Kier molecular flexibility index (Phi) is 4.12. The molecule has 92 valence electrons. The van der Waals surface area contributed by atoms with Gasteiger partial charge in [-0.1, -0.05) is 30.3 Å². The van der Waals surface area contributed by atoms with Crippen molar-refractivity contribution in [1.82, 2.24) is 5.32 Å². The molecule has 4 heteroatoms. The fraction of sp³-hybridized carbons (Fsp3) is 0.462. The minimum Gasteiger partial charge on any atom is -0.469 e. The number of methoxy groups -OCH3 is 1. The molecule has 0 amide bonds. The van der Waals surface area contributed by atoms with Crippen LogP contribution in [0.5, 0.6) is 0 Å². The van der Waals surface area contributed by atoms with E-state index in [9.17, 15) is 4.79 Å². The van der Waals surface area contributed by atoms with E-state index in [1.54, 1.807) is 0 Å². The van der Waals surface area contributed by atoms with Crippen LogP contribution in [0.1, 0.15) is 5.56 Å². The third-order valence-corrected chi connectivity index (χ3v) is 2.97. The summed E-state index contributed by atoms with van der Waals surface area (Å²) in [4.78, 5) is 11.5. The zero-order chi connectivity index (χ0) is 12.1. The molecule has 1 aromatic carbocycles. The van der Waals surface area contributed by atoms with Crippen molar-refractivity contribution in [3.05, 3.63) is 35.9 Å². The van der Waals surface area contributed by atoms with Crippen molar-refractivity contribution < 1.29 is 14.3 Å². The summed E-state index contributed by atoms with van der Waals surface area (Å²) < 4.78 is 10.5. The topological polar surface area (TPSA) is 47.6 Å². The van der Waals surface area contributed by atoms with Gasteiger partial charge in [-0.15, -0.1) is 0 Å². The van der Waals surface area contributed by atoms with Crippen LogP contribution in [-0.2, 0) is 20.9 Å². The number of nitrogens with one attached hydrogen (secondary N) is 1. The average Bonchev–Trinajstić information content (AvgIpc) is 2.85. The minimum atomic E-state index is -0.201. The van der Waals surface area contributed by atoms with Crippen molar-refractivity contribution in [3.63, 3.8) is 0 Å². The maximum absolute atomic E-state index is 11.5. The lowest BCUT2D eigenvalue weighted by Crippen LogP contribution is -2.30. The highest BCUT2D eigenvalue weighted by Gasteiger charge is 2.34. The van der Waals surface area contributed by atoms with Crippen LogP contribution >= 0.6 is 0 Å². The summed E-state index contributed by atoms with van der Waals surface area (Å²) in [5, 5.41) is 3.15. The van der Waals surface area contributed by atoms with E-state index in [1.165, 1.54) is 7.11 Å². The highest BCUT2D eigenvalue weighted by Crippen LogP contribution is 2.16. The summed E-state index contributed by atoms with van der Waals surface area (Å²) in [5.74, 6) is -0.392. The third-order valence-electron chi connectivity index (χ3n) is 2.97. The number of hydrogen-bond acceptors (Lipinski definition) is 4. The number of ether oxygens (including phenoxy) is 2. The van der Waals surface area contributed by atoms with Gasteiger partial charge in [0.05, 0.1) is 25.7 Å². The van der Waals surface area contributed by atoms with Gasteiger partial charge in [0.2, 0.25) is 0 Å². The molecule has 0 saturated carbocycles. The van der Waals surface area contributed by atoms with Gasteiger partial charge in [0.1, 0.15) is 0 Å². The maximum atomic E-state index is 11.5. The van der Waals surface area contributed by atoms with E-state index in [1.807, 2.05) is 30.3 Å². The van der Waals surface area contributed by atoms with Crippen LogP contribution in [-0.4, -0.2) is 32.3 Å². The summed E-state index contributed by atoms with van der Waals surface area (Å²) in [7, 11) is 1.41. The van der Waals surface area contributed by atoms with Crippen molar-refractivity contribution in [1.29, 1.82) is 0 Å². The number of carbonyl (C=O) groups excluding carboxylic acids is 1. The first-order valence-corrected chi connectivity index (χ1v) is 5.75. The molecule has 1 heterocycles. The Hall–Kier alpha value is -1.39. The predicted molar refractivity (Wildman–Crippen MR) is 63.4 cm³/mol. The molecule has 1 fully saturated rings. The van der Waals surface area contributed by atoms with Gasteiger partial charge in [-0.25, -0.2) is 0 Å². The molecule has 4 nitrogen and oxygen atoms in total. The zero-order valence-electron chi connectivity index (χ0n) is 9.89. The Labute approximate surface area is 101 Å². The quantitative estimate of drug-likeness (QED) is 0.790. The second-order valence-electron chi connectivity index (χ2n) is 4.12. The van der Waals surface area contributed by atoms with Crippen molar-refractivity contribution in [3.8, 4) is 0 Å². The SMILES string of the molecule is COC(=O)C1CNCC1OCc1ccccc1. The first kappa shape index (κ1) is 12.1. The first-order valence-electron chi connectivity index (χ1n) is 5.75. The van der Waals surface area contributed by atoms with Crippen LogP contribution in [0.25, 0.3) is 0 Å². The molecule has 0 bridgehead atoms. The Morgan fingerprint density at radius 3 is 2.82 bits per heavy atom. The van der Waals surface area contributed by atoms with Crippen LogP contribution in [0, 0.1) is 5.92 Å². The number of rotatable bonds is 4. The summed E-state index contributed by atoms with van der Waals surface area (Å²) in [6, 6.07) is 9.94. The van der Waals surface area contributed by atoms with Gasteiger partial charge in [0.15, 0.2) is 0 Å². The van der Waals surface area contributed by atoms with E-state index in [4.69, 9.17) is 9.47 Å². The predicted octanol–water partition coefficient (Wildman–Crippen LogP) is 0.964. The third kappa shape index (κ3) is 3.05. The molecular formula is C13H17NO3. The van der Waals surface area contributed by atoms with Crippen molar-refractivity contribution in [2.24, 2.45) is 5.92 Å². The molecule has 0 radical (unpaired) electrons. The fourth-order valence-corrected chi connectivity index (χ4v) is 1.99. The number of esters is 1. The molecule has 1 aliphatic heterocycles. The largest absolute Gasteiger partial charge is 0.469 e. The Balaban J connectivity index is 1.88. The summed E-state index contributed by atoms with van der Waals surface area (Å²) in [5.41, 5.74) is 1.11. The molecule has 1 aliphatic rings. The van der Waals surface area contributed by atoms with Gasteiger partial charge in [-0.2, -0.15) is 0 Å². The molecule has 0 spiro atoms. The second-order valence-corrected chi connectivity index (χ2v) is 4.12. The summed E-state index contributed by atoms with van der Waals surface area (Å²) in [6.45, 7) is 1.86. The van der Waals surface area contributed by atoms with Gasteiger partial charge in [-0.05, 0) is 5.56 Å². The lowest BCUT2D eigenvalue weighted by atomic mass is 10.1. The number of hydrogen-bond donors (Lipinski definition) is 1. The van der Waals surface area contributed by atoms with Crippen LogP contribution in [0.4, 0.5) is 0 Å². The molecule has 0 aromatic heterocycles. The monoisotopic (exact) mass is 235 g/mol. The van der Waals surface area contributed by atoms with Crippen molar-refractivity contribution in [2.75, 3.05) is 20.2 Å². The standard InChI is InChI=1S/C13H17NO3/c1-16-13(15)11-7-14-8-12(11)17-9-10-5-3-2-4-6-10/h2-6,11-12,14H,7-9H2,1H3. The molecular weight excluding hydrogens is 218 g/mol. The minimum absolute atomic E-state index is 0.0948. The number of benzene rings is 1. The van der Waals surface area contributed by atoms with E-state index in [0.29, 0.717) is 19.7 Å². The molecule has 2 unspecified atom stereocenters. The molecule has 1 N–H and O–H groups in total. The lowest BCUT2D eigenvalue weighted by molar-refractivity contribution is -0.149. The Morgan fingerprint density at radius 1 is 1.35 bits per heavy atom. The van der Waals surface area contributed by atoms with E-state index in [0.717, 1.165) is 5.56 Å². The molecule has 17 heavy (non-hydrogen) atoms. The molecule has 1 saturated heterocycles. The summed E-state index contributed by atoms with van der Waals surface area (Å²) in [6.07, 6.45) is -0.0948. The average molecular weight is 235 g/mol. The molecule has 0 aliphatic carbocycles. The second kappa shape index (κ2) is 5.80. The normalized spacial score (nSPS) is 23.6. The Morgan fingerprint density at radius 2 is 2.12 bits per heavy atom. The van der Waals surface area contributed by atoms with Crippen LogP contribution in [0.3, 0.4) is 0 Å². The number of carbonyl (C=O) groups is 1. The first-order chi connectivity index (χ1) is 8.31. The van der Waals surface area contributed by atoms with Crippen LogP contribution < -0.4 is 5.32 Å². The van der Waals surface area contributed by atoms with E-state index in [2.05, 4.69) is 5.32 Å². The van der Waals surface area contributed by atoms with Gasteiger partial charge in [-0.3, -0.25) is 4.79 Å².